The molecule has 0 radical (unpaired) electrons. The molecular formula is C18H16ClNO2S3. The zero-order valence-corrected chi connectivity index (χ0v) is 16.7. The van der Waals surface area contributed by atoms with Crippen molar-refractivity contribution < 1.29 is 9.21 Å². The fourth-order valence-electron chi connectivity index (χ4n) is 2.43. The lowest BCUT2D eigenvalue weighted by atomic mass is 10.2. The van der Waals surface area contributed by atoms with Crippen molar-refractivity contribution in [1.29, 1.82) is 0 Å². The zero-order chi connectivity index (χ0) is 17.8. The number of thioether (sulfide) groups is 2. The van der Waals surface area contributed by atoms with Crippen LogP contribution in [0.4, 0.5) is 0 Å². The minimum absolute atomic E-state index is 0.0493. The molecule has 1 saturated heterocycles. The smallest absolute Gasteiger partial charge is 0.266 e. The average molecular weight is 410 g/mol. The monoisotopic (exact) mass is 409 g/mol. The van der Waals surface area contributed by atoms with Crippen LogP contribution in [0.25, 0.3) is 17.4 Å². The van der Waals surface area contributed by atoms with Gasteiger partial charge in [-0.05, 0) is 42.7 Å². The van der Waals surface area contributed by atoms with Crippen molar-refractivity contribution in [3.63, 3.8) is 0 Å². The fourth-order valence-corrected chi connectivity index (χ4v) is 4.36. The van der Waals surface area contributed by atoms with Gasteiger partial charge in [0.05, 0.1) is 9.93 Å². The minimum atomic E-state index is -0.0493. The Morgan fingerprint density at radius 2 is 2.12 bits per heavy atom. The van der Waals surface area contributed by atoms with Crippen molar-refractivity contribution >= 4 is 63.6 Å². The van der Waals surface area contributed by atoms with Gasteiger partial charge in [-0.2, -0.15) is 11.8 Å². The lowest BCUT2D eigenvalue weighted by molar-refractivity contribution is -0.122. The van der Waals surface area contributed by atoms with Crippen LogP contribution in [-0.2, 0) is 4.79 Å². The summed E-state index contributed by atoms with van der Waals surface area (Å²) in [7, 11) is 0. The van der Waals surface area contributed by atoms with Crippen LogP contribution >= 0.6 is 47.3 Å². The van der Waals surface area contributed by atoms with Gasteiger partial charge in [0.1, 0.15) is 15.8 Å². The van der Waals surface area contributed by atoms with Crippen LogP contribution in [0.5, 0.6) is 0 Å². The first-order chi connectivity index (χ1) is 12.1. The van der Waals surface area contributed by atoms with Gasteiger partial charge in [0.25, 0.3) is 5.91 Å². The van der Waals surface area contributed by atoms with Gasteiger partial charge in [-0.25, -0.2) is 0 Å². The molecule has 3 rings (SSSR count). The van der Waals surface area contributed by atoms with Crippen LogP contribution < -0.4 is 0 Å². The molecule has 1 aliphatic heterocycles. The summed E-state index contributed by atoms with van der Waals surface area (Å²) < 4.78 is 6.44. The van der Waals surface area contributed by atoms with E-state index in [1.807, 2.05) is 36.4 Å². The molecule has 2 aromatic rings. The van der Waals surface area contributed by atoms with E-state index in [9.17, 15) is 4.79 Å². The minimum Gasteiger partial charge on any atom is -0.457 e. The molecule has 0 bridgehead atoms. The number of furan rings is 1. The largest absolute Gasteiger partial charge is 0.457 e. The molecule has 1 fully saturated rings. The molecule has 2 heterocycles. The molecule has 0 saturated carbocycles. The number of carbonyl (C=O) groups is 1. The number of amides is 1. The predicted octanol–water partition coefficient (Wildman–Crippen LogP) is 5.55. The highest BCUT2D eigenvalue weighted by Crippen LogP contribution is 2.34. The van der Waals surface area contributed by atoms with Crippen molar-refractivity contribution in [3.05, 3.63) is 52.1 Å². The van der Waals surface area contributed by atoms with E-state index in [0.29, 0.717) is 32.3 Å². The van der Waals surface area contributed by atoms with Crippen molar-refractivity contribution in [2.45, 2.75) is 6.42 Å². The first-order valence-electron chi connectivity index (χ1n) is 7.69. The van der Waals surface area contributed by atoms with Gasteiger partial charge < -0.3 is 4.42 Å². The van der Waals surface area contributed by atoms with E-state index in [1.54, 1.807) is 22.7 Å². The summed E-state index contributed by atoms with van der Waals surface area (Å²) >= 11 is 14.6. The second-order valence-electron chi connectivity index (χ2n) is 5.36. The summed E-state index contributed by atoms with van der Waals surface area (Å²) in [5, 5.41) is 0.628. The highest BCUT2D eigenvalue weighted by molar-refractivity contribution is 8.26. The maximum absolute atomic E-state index is 12.5. The van der Waals surface area contributed by atoms with E-state index in [1.165, 1.54) is 11.8 Å². The third kappa shape index (κ3) is 4.31. The first kappa shape index (κ1) is 18.6. The molecule has 1 aliphatic rings. The number of rotatable bonds is 6. The van der Waals surface area contributed by atoms with Crippen molar-refractivity contribution in [1.82, 2.24) is 4.90 Å². The fraction of sp³-hybridized carbons (Fsp3) is 0.222. The Balaban J connectivity index is 1.77. The van der Waals surface area contributed by atoms with E-state index >= 15 is 0 Å². The topological polar surface area (TPSA) is 33.5 Å². The van der Waals surface area contributed by atoms with E-state index in [4.69, 9.17) is 28.2 Å². The van der Waals surface area contributed by atoms with Crippen LogP contribution in [0.1, 0.15) is 12.2 Å². The molecule has 0 unspecified atom stereocenters. The maximum atomic E-state index is 12.5. The van der Waals surface area contributed by atoms with E-state index in [0.717, 1.165) is 17.7 Å². The van der Waals surface area contributed by atoms with Gasteiger partial charge in [-0.1, -0.05) is 47.7 Å². The number of benzene rings is 1. The first-order valence-corrected chi connectivity index (χ1v) is 10.7. The molecule has 1 aromatic heterocycles. The third-order valence-corrected chi connectivity index (χ3v) is 6.05. The molecule has 1 amide bonds. The van der Waals surface area contributed by atoms with Crippen molar-refractivity contribution in [2.75, 3.05) is 18.6 Å². The van der Waals surface area contributed by atoms with Crippen LogP contribution in [0.15, 0.2) is 45.7 Å². The van der Waals surface area contributed by atoms with Gasteiger partial charge in [-0.3, -0.25) is 9.69 Å². The molecule has 0 N–H and O–H groups in total. The lowest BCUT2D eigenvalue weighted by Crippen LogP contribution is -2.29. The van der Waals surface area contributed by atoms with E-state index in [-0.39, 0.29) is 5.91 Å². The molecule has 130 valence electrons. The standard InChI is InChI=1S/C18H16ClNO2S3/c1-24-10-4-9-20-17(21)16(25-18(20)23)11-12-7-8-15(22-12)13-5-2-3-6-14(13)19/h2-3,5-8,11H,4,9-10H2,1H3. The number of halogens is 1. The summed E-state index contributed by atoms with van der Waals surface area (Å²) in [6.45, 7) is 0.659. The highest BCUT2D eigenvalue weighted by Gasteiger charge is 2.31. The van der Waals surface area contributed by atoms with Crippen LogP contribution in [-0.4, -0.2) is 33.7 Å². The number of carbonyl (C=O) groups excluding carboxylic acids is 1. The summed E-state index contributed by atoms with van der Waals surface area (Å²) in [5.41, 5.74) is 0.827. The van der Waals surface area contributed by atoms with E-state index in [2.05, 4.69) is 6.26 Å². The van der Waals surface area contributed by atoms with E-state index < -0.39 is 0 Å². The molecule has 25 heavy (non-hydrogen) atoms. The summed E-state index contributed by atoms with van der Waals surface area (Å²) in [5.74, 6) is 2.24. The average Bonchev–Trinajstić information content (AvgIpc) is 3.15. The number of thiocarbonyl (C=S) groups is 1. The SMILES string of the molecule is CSCCCN1C(=O)C(=Cc2ccc(-c3ccccc3Cl)o2)SC1=S. The number of hydrogen-bond donors (Lipinski definition) is 0. The molecule has 7 heteroatoms. The third-order valence-electron chi connectivity index (χ3n) is 3.64. The maximum Gasteiger partial charge on any atom is 0.266 e. The second kappa shape index (κ2) is 8.45. The van der Waals surface area contributed by atoms with Crippen molar-refractivity contribution in [3.8, 4) is 11.3 Å². The molecule has 3 nitrogen and oxygen atoms in total. The molecule has 1 aromatic carbocycles. The molecule has 0 atom stereocenters. The summed E-state index contributed by atoms with van der Waals surface area (Å²) in [6, 6.07) is 11.2. The van der Waals surface area contributed by atoms with Crippen molar-refractivity contribution in [2.24, 2.45) is 0 Å². The zero-order valence-electron chi connectivity index (χ0n) is 13.5. The Labute approximate surface area is 165 Å². The van der Waals surface area contributed by atoms with Gasteiger partial charge in [0.2, 0.25) is 0 Å². The number of nitrogens with zero attached hydrogens (tertiary/aromatic N) is 1. The highest BCUT2D eigenvalue weighted by atomic mass is 35.5. The summed E-state index contributed by atoms with van der Waals surface area (Å²) in [6.07, 6.45) is 4.73. The predicted molar refractivity (Wildman–Crippen MR) is 112 cm³/mol. The Hall–Kier alpha value is -1.21. The quantitative estimate of drug-likeness (QED) is 0.354. The molecular weight excluding hydrogens is 394 g/mol. The van der Waals surface area contributed by atoms with Crippen LogP contribution in [0.3, 0.4) is 0 Å². The number of hydrogen-bond acceptors (Lipinski definition) is 5. The van der Waals surface area contributed by atoms with Gasteiger partial charge in [-0.15, -0.1) is 0 Å². The Morgan fingerprint density at radius 3 is 2.88 bits per heavy atom. The van der Waals surface area contributed by atoms with Crippen LogP contribution in [0.2, 0.25) is 5.02 Å². The van der Waals surface area contributed by atoms with Gasteiger partial charge in [0, 0.05) is 18.2 Å². The van der Waals surface area contributed by atoms with Gasteiger partial charge >= 0.3 is 0 Å². The Bertz CT molecular complexity index is 831. The normalized spacial score (nSPS) is 16.2. The lowest BCUT2D eigenvalue weighted by Gasteiger charge is -2.13. The molecule has 0 spiro atoms. The Kier molecular flexibility index (Phi) is 6.28. The van der Waals surface area contributed by atoms with Gasteiger partial charge in [0.15, 0.2) is 0 Å². The second-order valence-corrected chi connectivity index (χ2v) is 8.43. The molecule has 0 aliphatic carbocycles. The Morgan fingerprint density at radius 1 is 1.32 bits per heavy atom. The summed E-state index contributed by atoms with van der Waals surface area (Å²) in [4.78, 5) is 14.8. The van der Waals surface area contributed by atoms with Crippen LogP contribution in [0, 0.1) is 0 Å².